The van der Waals surface area contributed by atoms with Crippen molar-refractivity contribution in [3.63, 3.8) is 0 Å². The van der Waals surface area contributed by atoms with Crippen molar-refractivity contribution >= 4 is 28.0 Å². The van der Waals surface area contributed by atoms with Crippen LogP contribution in [0.15, 0.2) is 64.8 Å². The Balaban J connectivity index is 1.66. The van der Waals surface area contributed by atoms with Crippen LogP contribution >= 0.6 is 11.5 Å². The zero-order valence-electron chi connectivity index (χ0n) is 16.6. The van der Waals surface area contributed by atoms with Gasteiger partial charge >= 0.3 is 0 Å². The molecule has 0 bridgehead atoms. The van der Waals surface area contributed by atoms with Gasteiger partial charge in [-0.15, -0.1) is 10.2 Å². The Morgan fingerprint density at radius 3 is 2.41 bits per heavy atom. The molecular weight excluding hydrogens is 382 g/mol. The number of likely N-dealkylation sites (N-methyl/N-ethyl adjacent to an activating group) is 1. The highest BCUT2D eigenvalue weighted by atomic mass is 32.1. The Morgan fingerprint density at radius 2 is 1.72 bits per heavy atom. The van der Waals surface area contributed by atoms with E-state index in [2.05, 4.69) is 35.5 Å². The van der Waals surface area contributed by atoms with Crippen LogP contribution in [0.5, 0.6) is 0 Å². The van der Waals surface area contributed by atoms with Crippen molar-refractivity contribution in [3.05, 3.63) is 54.6 Å². The zero-order valence-corrected chi connectivity index (χ0v) is 17.4. The summed E-state index contributed by atoms with van der Waals surface area (Å²) in [4.78, 5) is 8.76. The first-order valence-corrected chi connectivity index (χ1v) is 10.1. The number of hydrogen-bond acceptors (Lipinski definition) is 8. The average Bonchev–Trinajstić information content (AvgIpc) is 3.22. The predicted molar refractivity (Wildman–Crippen MR) is 117 cm³/mol. The topological polar surface area (TPSA) is 80.8 Å². The largest absolute Gasteiger partial charge is 0.369 e. The molecule has 1 heterocycles. The van der Waals surface area contributed by atoms with Crippen molar-refractivity contribution in [1.29, 1.82) is 5.26 Å². The molecule has 29 heavy (non-hydrogen) atoms. The number of hydrogen-bond donors (Lipinski definition) is 0. The molecule has 0 aliphatic rings. The van der Waals surface area contributed by atoms with Gasteiger partial charge in [-0.05, 0) is 38.4 Å². The number of rotatable bonds is 9. The summed E-state index contributed by atoms with van der Waals surface area (Å²) in [5.74, 6) is 0.661. The smallest absolute Gasteiger partial charge is 0.249 e. The van der Waals surface area contributed by atoms with Crippen molar-refractivity contribution in [2.75, 3.05) is 38.6 Å². The lowest BCUT2D eigenvalue weighted by atomic mass is 10.2. The van der Waals surface area contributed by atoms with Crippen molar-refractivity contribution in [2.24, 2.45) is 10.2 Å². The van der Waals surface area contributed by atoms with Gasteiger partial charge in [0.05, 0.1) is 18.2 Å². The maximum absolute atomic E-state index is 8.91. The first-order valence-electron chi connectivity index (χ1n) is 9.33. The Bertz CT molecular complexity index is 959. The van der Waals surface area contributed by atoms with Crippen LogP contribution in [0.4, 0.5) is 16.5 Å². The second-order valence-electron chi connectivity index (χ2n) is 6.68. The molecule has 0 aliphatic carbocycles. The fourth-order valence-corrected chi connectivity index (χ4v) is 3.19. The number of azo groups is 1. The Labute approximate surface area is 175 Å². The highest BCUT2D eigenvalue weighted by Gasteiger charge is 2.08. The number of benzene rings is 2. The molecule has 0 saturated carbocycles. The molecule has 0 radical (unpaired) electrons. The summed E-state index contributed by atoms with van der Waals surface area (Å²) >= 11 is 1.23. The van der Waals surface area contributed by atoms with E-state index in [0.29, 0.717) is 23.9 Å². The average molecular weight is 406 g/mol. The van der Waals surface area contributed by atoms with Gasteiger partial charge in [0.15, 0.2) is 5.82 Å². The predicted octanol–water partition coefficient (Wildman–Crippen LogP) is 4.90. The van der Waals surface area contributed by atoms with Crippen LogP contribution in [0.25, 0.3) is 11.4 Å². The first-order chi connectivity index (χ1) is 14.2. The molecule has 2 aromatic carbocycles. The fourth-order valence-electron chi connectivity index (χ4n) is 2.67. The molecule has 0 atom stereocenters. The van der Waals surface area contributed by atoms with Crippen LogP contribution in [0.3, 0.4) is 0 Å². The van der Waals surface area contributed by atoms with Crippen LogP contribution in [-0.2, 0) is 0 Å². The van der Waals surface area contributed by atoms with Crippen LogP contribution in [0, 0.1) is 11.3 Å². The van der Waals surface area contributed by atoms with Crippen molar-refractivity contribution in [1.82, 2.24) is 14.3 Å². The van der Waals surface area contributed by atoms with Crippen LogP contribution in [-0.4, -0.2) is 48.0 Å². The molecule has 0 fully saturated rings. The van der Waals surface area contributed by atoms with Gasteiger partial charge in [0.1, 0.15) is 0 Å². The normalized spacial score (nSPS) is 11.1. The molecule has 8 heteroatoms. The zero-order chi connectivity index (χ0) is 20.5. The van der Waals surface area contributed by atoms with Gasteiger partial charge in [-0.3, -0.25) is 0 Å². The molecule has 3 aromatic rings. The second kappa shape index (κ2) is 10.4. The third-order valence-corrected chi connectivity index (χ3v) is 4.82. The molecule has 1 aromatic heterocycles. The van der Waals surface area contributed by atoms with Gasteiger partial charge in [-0.2, -0.15) is 14.6 Å². The van der Waals surface area contributed by atoms with Gasteiger partial charge in [-0.25, -0.2) is 0 Å². The van der Waals surface area contributed by atoms with Crippen LogP contribution in [0.1, 0.15) is 6.42 Å². The minimum Gasteiger partial charge on any atom is -0.369 e. The lowest BCUT2D eigenvalue weighted by Crippen LogP contribution is -2.32. The number of nitrogens with zero attached hydrogens (tertiary/aromatic N) is 7. The van der Waals surface area contributed by atoms with Gasteiger partial charge in [-0.1, -0.05) is 30.3 Å². The van der Waals surface area contributed by atoms with E-state index < -0.39 is 0 Å². The number of anilines is 1. The monoisotopic (exact) mass is 405 g/mol. The van der Waals surface area contributed by atoms with E-state index in [1.807, 2.05) is 68.7 Å². The van der Waals surface area contributed by atoms with Crippen molar-refractivity contribution in [2.45, 2.75) is 6.42 Å². The Hall–Kier alpha value is -3.15. The van der Waals surface area contributed by atoms with E-state index in [1.165, 1.54) is 11.5 Å². The summed E-state index contributed by atoms with van der Waals surface area (Å²) in [6, 6.07) is 19.9. The minimum atomic E-state index is 0.496. The summed E-state index contributed by atoms with van der Waals surface area (Å²) in [6.45, 7) is 2.49. The molecule has 0 aliphatic heterocycles. The van der Waals surface area contributed by atoms with E-state index in [9.17, 15) is 0 Å². The Kier molecular flexibility index (Phi) is 7.39. The van der Waals surface area contributed by atoms with Gasteiger partial charge in [0.25, 0.3) is 0 Å². The molecule has 148 valence electrons. The fraction of sp³-hybridized carbons (Fsp3) is 0.286. The van der Waals surface area contributed by atoms with Crippen molar-refractivity contribution < 1.29 is 0 Å². The molecule has 0 N–H and O–H groups in total. The summed E-state index contributed by atoms with van der Waals surface area (Å²) in [6.07, 6.45) is 0.496. The lowest BCUT2D eigenvalue weighted by Gasteiger charge is -2.25. The highest BCUT2D eigenvalue weighted by molar-refractivity contribution is 7.09. The molecule has 0 saturated heterocycles. The molecule has 0 unspecified atom stereocenters. The van der Waals surface area contributed by atoms with Crippen LogP contribution in [0.2, 0.25) is 0 Å². The quantitative estimate of drug-likeness (QED) is 0.473. The third kappa shape index (κ3) is 6.17. The summed E-state index contributed by atoms with van der Waals surface area (Å²) < 4.78 is 4.34. The molecule has 0 amide bonds. The molecule has 3 rings (SSSR count). The lowest BCUT2D eigenvalue weighted by molar-refractivity contribution is 0.413. The molecule has 7 nitrogen and oxygen atoms in total. The summed E-state index contributed by atoms with van der Waals surface area (Å²) in [5.41, 5.74) is 2.78. The molecular formula is C21H23N7S. The summed E-state index contributed by atoms with van der Waals surface area (Å²) in [7, 11) is 4.09. The van der Waals surface area contributed by atoms with Gasteiger partial charge in [0, 0.05) is 42.4 Å². The number of aromatic nitrogens is 2. The maximum Gasteiger partial charge on any atom is 0.249 e. The second-order valence-corrected chi connectivity index (χ2v) is 7.41. The van der Waals surface area contributed by atoms with E-state index in [4.69, 9.17) is 5.26 Å². The first kappa shape index (κ1) is 20.6. The van der Waals surface area contributed by atoms with E-state index >= 15 is 0 Å². The van der Waals surface area contributed by atoms with E-state index in [0.717, 1.165) is 30.0 Å². The molecule has 0 spiro atoms. The minimum absolute atomic E-state index is 0.496. The van der Waals surface area contributed by atoms with E-state index in [1.54, 1.807) is 0 Å². The SMILES string of the molecule is CN(C)CCN(CCC#N)c1ccc(N=Nc2nc(-c3ccccc3)ns2)cc1. The van der Waals surface area contributed by atoms with Gasteiger partial charge < -0.3 is 9.80 Å². The Morgan fingerprint density at radius 1 is 0.966 bits per heavy atom. The van der Waals surface area contributed by atoms with Crippen molar-refractivity contribution in [3.8, 4) is 17.5 Å². The number of nitriles is 1. The maximum atomic E-state index is 8.91. The summed E-state index contributed by atoms with van der Waals surface area (Å²) in [5, 5.41) is 17.9. The van der Waals surface area contributed by atoms with E-state index in [-0.39, 0.29) is 0 Å². The van der Waals surface area contributed by atoms with Crippen LogP contribution < -0.4 is 4.90 Å². The highest BCUT2D eigenvalue weighted by Crippen LogP contribution is 2.26. The van der Waals surface area contributed by atoms with Gasteiger partial charge in [0.2, 0.25) is 5.13 Å². The third-order valence-electron chi connectivity index (χ3n) is 4.22. The standard InChI is InChI=1S/C21H23N7S/c1-27(2)15-16-28(14-6-13-22)19-11-9-18(10-12-19)24-25-21-23-20(26-29-21)17-7-4-3-5-8-17/h3-5,7-12H,6,14-16H2,1-2H3.